The highest BCUT2D eigenvalue weighted by molar-refractivity contribution is 7.47. The van der Waals surface area contributed by atoms with Gasteiger partial charge in [-0.3, -0.25) is 18.6 Å². The molecule has 0 aliphatic heterocycles. The number of allylic oxidation sites excluding steroid dienone is 18. The SMILES string of the molecule is CC/C=C\C/C=C\C/C=C\C/C=C\C/C=C\C/C=C\C/C=C\CCCCCCCCCCCCCCCCCCCC(=O)OC(COC(=O)CCCCCCCCCCCCCCCCCCCCC/C=C\C/C=C\CCCCCCC)COP(=O)(O)OCCN. The first-order valence-corrected chi connectivity index (χ1v) is 39.9. The predicted molar refractivity (Wildman–Crippen MR) is 395 cm³/mol. The van der Waals surface area contributed by atoms with Gasteiger partial charge in [0.1, 0.15) is 6.61 Å². The molecule has 0 saturated carbocycles. The van der Waals surface area contributed by atoms with Crippen molar-refractivity contribution in [3.63, 3.8) is 0 Å². The minimum Gasteiger partial charge on any atom is -0.462 e. The number of carbonyl (C=O) groups is 2. The summed E-state index contributed by atoms with van der Waals surface area (Å²) in [5, 5.41) is 0. The van der Waals surface area contributed by atoms with E-state index < -0.39 is 26.5 Å². The average molecular weight is 1290 g/mol. The lowest BCUT2D eigenvalue weighted by molar-refractivity contribution is -0.161. The van der Waals surface area contributed by atoms with Gasteiger partial charge < -0.3 is 20.1 Å². The van der Waals surface area contributed by atoms with Gasteiger partial charge >= 0.3 is 19.8 Å². The molecule has 0 aromatic rings. The molecule has 91 heavy (non-hydrogen) atoms. The summed E-state index contributed by atoms with van der Waals surface area (Å²) in [5.74, 6) is -0.814. The Hall–Kier alpha value is -3.33. The molecule has 10 heteroatoms. The number of ether oxygens (including phenoxy) is 2. The van der Waals surface area contributed by atoms with Crippen LogP contribution >= 0.6 is 7.82 Å². The summed E-state index contributed by atoms with van der Waals surface area (Å²) in [4.78, 5) is 35.4. The van der Waals surface area contributed by atoms with Crippen molar-refractivity contribution in [2.75, 3.05) is 26.4 Å². The molecule has 0 saturated heterocycles. The van der Waals surface area contributed by atoms with E-state index in [4.69, 9.17) is 24.3 Å². The van der Waals surface area contributed by atoms with Crippen molar-refractivity contribution in [2.45, 2.75) is 367 Å². The van der Waals surface area contributed by atoms with Crippen molar-refractivity contribution in [2.24, 2.45) is 5.73 Å². The van der Waals surface area contributed by atoms with Crippen LogP contribution in [0.25, 0.3) is 0 Å². The normalized spacial score (nSPS) is 13.5. The van der Waals surface area contributed by atoms with Crippen LogP contribution in [0.15, 0.2) is 109 Å². The number of rotatable bonds is 72. The lowest BCUT2D eigenvalue weighted by atomic mass is 10.0. The molecular formula is C81H144NO8P. The van der Waals surface area contributed by atoms with E-state index in [0.717, 1.165) is 89.9 Å². The molecule has 0 aliphatic rings. The Morgan fingerprint density at radius 1 is 0.341 bits per heavy atom. The van der Waals surface area contributed by atoms with Gasteiger partial charge in [-0.1, -0.05) is 354 Å². The smallest absolute Gasteiger partial charge is 0.462 e. The summed E-state index contributed by atoms with van der Waals surface area (Å²) >= 11 is 0. The van der Waals surface area contributed by atoms with E-state index in [1.54, 1.807) is 0 Å². The summed E-state index contributed by atoms with van der Waals surface area (Å²) in [6.07, 6.45) is 105. The van der Waals surface area contributed by atoms with Crippen molar-refractivity contribution in [1.82, 2.24) is 0 Å². The van der Waals surface area contributed by atoms with Crippen LogP contribution in [-0.4, -0.2) is 49.3 Å². The lowest BCUT2D eigenvalue weighted by Gasteiger charge is -2.19. The molecular weight excluding hydrogens is 1150 g/mol. The summed E-state index contributed by atoms with van der Waals surface area (Å²) in [6, 6.07) is 0. The van der Waals surface area contributed by atoms with Gasteiger partial charge in [-0.05, 0) is 103 Å². The zero-order valence-electron chi connectivity index (χ0n) is 59.3. The molecule has 9 nitrogen and oxygen atoms in total. The number of phosphoric ester groups is 1. The Balaban J connectivity index is 3.83. The zero-order chi connectivity index (χ0) is 65.8. The zero-order valence-corrected chi connectivity index (χ0v) is 60.2. The van der Waals surface area contributed by atoms with E-state index in [-0.39, 0.29) is 38.6 Å². The fourth-order valence-electron chi connectivity index (χ4n) is 11.0. The monoisotopic (exact) mass is 1290 g/mol. The molecule has 0 aromatic heterocycles. The van der Waals surface area contributed by atoms with Gasteiger partial charge in [-0.15, -0.1) is 0 Å². The second kappa shape index (κ2) is 75.7. The van der Waals surface area contributed by atoms with Crippen LogP contribution < -0.4 is 5.73 Å². The minimum absolute atomic E-state index is 0.0522. The number of nitrogens with two attached hydrogens (primary N) is 1. The van der Waals surface area contributed by atoms with Gasteiger partial charge in [0, 0.05) is 19.4 Å². The van der Waals surface area contributed by atoms with Crippen molar-refractivity contribution in [3.8, 4) is 0 Å². The number of phosphoric acid groups is 1. The van der Waals surface area contributed by atoms with Gasteiger partial charge in [0.25, 0.3) is 0 Å². The number of hydrogen-bond donors (Lipinski definition) is 2. The minimum atomic E-state index is -4.40. The molecule has 2 unspecified atom stereocenters. The molecule has 3 N–H and O–H groups in total. The first-order chi connectivity index (χ1) is 44.8. The van der Waals surface area contributed by atoms with Crippen LogP contribution in [-0.2, 0) is 32.7 Å². The Kier molecular flexibility index (Phi) is 72.9. The molecule has 0 spiro atoms. The fourth-order valence-corrected chi connectivity index (χ4v) is 11.8. The molecule has 0 amide bonds. The van der Waals surface area contributed by atoms with Crippen LogP contribution in [0.2, 0.25) is 0 Å². The summed E-state index contributed by atoms with van der Waals surface area (Å²) in [7, 11) is -4.40. The van der Waals surface area contributed by atoms with Crippen molar-refractivity contribution in [3.05, 3.63) is 109 Å². The third-order valence-electron chi connectivity index (χ3n) is 16.6. The van der Waals surface area contributed by atoms with E-state index in [2.05, 4.69) is 123 Å². The summed E-state index contributed by atoms with van der Waals surface area (Å²) < 4.78 is 33.3. The van der Waals surface area contributed by atoms with E-state index in [9.17, 15) is 19.0 Å². The predicted octanol–water partition coefficient (Wildman–Crippen LogP) is 25.6. The van der Waals surface area contributed by atoms with Gasteiger partial charge in [0.15, 0.2) is 6.10 Å². The number of unbranched alkanes of at least 4 members (excludes halogenated alkanes) is 41. The van der Waals surface area contributed by atoms with Crippen LogP contribution in [0, 0.1) is 0 Å². The molecule has 0 bridgehead atoms. The molecule has 0 rings (SSSR count). The second-order valence-corrected chi connectivity index (χ2v) is 26.9. The highest BCUT2D eigenvalue weighted by Crippen LogP contribution is 2.43. The van der Waals surface area contributed by atoms with Crippen molar-refractivity contribution < 1.29 is 37.6 Å². The molecule has 0 radical (unpaired) electrons. The Labute approximate surface area is 562 Å². The topological polar surface area (TPSA) is 134 Å². The fraction of sp³-hybridized carbons (Fsp3) is 0.753. The maximum atomic E-state index is 12.8. The maximum Gasteiger partial charge on any atom is 0.472 e. The Morgan fingerprint density at radius 2 is 0.604 bits per heavy atom. The first-order valence-electron chi connectivity index (χ1n) is 38.4. The number of esters is 2. The van der Waals surface area contributed by atoms with Crippen LogP contribution in [0.5, 0.6) is 0 Å². The lowest BCUT2D eigenvalue weighted by Crippen LogP contribution is -2.29. The standard InChI is InChI=1S/C81H144NO8P/c1-3-5-7-9-11-13-15-17-19-21-23-25-27-29-31-33-35-36-37-38-39-40-41-42-44-46-48-50-52-54-56-58-60-62-64-66-68-70-72-74-81(84)90-79(78-89-91(85,86)88-76-75-82)77-87-80(83)73-71-69-67-65-63-61-59-57-55-53-51-49-47-45-43-34-32-30-28-26-24-22-20-18-16-14-12-10-8-6-4-2/h5,7,11,13,16-19,22-25,29,31,35-36,38-39,79H,3-4,6,8-10,12,14-15,20-21,26-28,30,32-34,37,40-78,82H2,1-2H3,(H,85,86)/b7-5-,13-11-,18-16-,19-17-,24-22-,25-23-,31-29-,36-35-,39-38-. The number of carbonyl (C=O) groups excluding carboxylic acids is 2. The van der Waals surface area contributed by atoms with Gasteiger partial charge in [0.2, 0.25) is 0 Å². The molecule has 0 aromatic carbocycles. The highest BCUT2D eigenvalue weighted by Gasteiger charge is 2.26. The van der Waals surface area contributed by atoms with Gasteiger partial charge in [-0.25, -0.2) is 4.57 Å². The molecule has 0 fully saturated rings. The number of hydrogen-bond acceptors (Lipinski definition) is 8. The van der Waals surface area contributed by atoms with Crippen LogP contribution in [0.3, 0.4) is 0 Å². The summed E-state index contributed by atoms with van der Waals surface area (Å²) in [5.41, 5.74) is 5.41. The second-order valence-electron chi connectivity index (χ2n) is 25.5. The van der Waals surface area contributed by atoms with E-state index >= 15 is 0 Å². The van der Waals surface area contributed by atoms with E-state index in [1.807, 2.05) is 0 Å². The molecule has 0 aliphatic carbocycles. The first kappa shape index (κ1) is 87.7. The molecule has 526 valence electrons. The highest BCUT2D eigenvalue weighted by atomic mass is 31.2. The van der Waals surface area contributed by atoms with Crippen LogP contribution in [0.1, 0.15) is 361 Å². The average Bonchev–Trinajstić information content (AvgIpc) is 3.71. The Bertz CT molecular complexity index is 1860. The van der Waals surface area contributed by atoms with Crippen LogP contribution in [0.4, 0.5) is 0 Å². The van der Waals surface area contributed by atoms with E-state index in [1.165, 1.54) is 238 Å². The van der Waals surface area contributed by atoms with Gasteiger partial charge in [-0.2, -0.15) is 0 Å². The maximum absolute atomic E-state index is 12.8. The van der Waals surface area contributed by atoms with E-state index in [0.29, 0.717) is 6.42 Å². The Morgan fingerprint density at radius 3 is 0.901 bits per heavy atom. The largest absolute Gasteiger partial charge is 0.472 e. The van der Waals surface area contributed by atoms with Crippen molar-refractivity contribution in [1.29, 1.82) is 0 Å². The van der Waals surface area contributed by atoms with Gasteiger partial charge in [0.05, 0.1) is 13.2 Å². The van der Waals surface area contributed by atoms with Crippen molar-refractivity contribution >= 4 is 19.8 Å². The third kappa shape index (κ3) is 75.6. The summed E-state index contributed by atoms with van der Waals surface area (Å²) in [6.45, 7) is 3.67. The quantitative estimate of drug-likeness (QED) is 0.0264. The third-order valence-corrected chi connectivity index (χ3v) is 17.6. The molecule has 2 atom stereocenters. The molecule has 0 heterocycles.